The summed E-state index contributed by atoms with van der Waals surface area (Å²) in [5.41, 5.74) is 1.01. The topological polar surface area (TPSA) is 88.2 Å². The summed E-state index contributed by atoms with van der Waals surface area (Å²) >= 11 is 1.07. The van der Waals surface area contributed by atoms with Gasteiger partial charge >= 0.3 is 0 Å². The summed E-state index contributed by atoms with van der Waals surface area (Å²) in [5.74, 6) is -0.353. The minimum Gasteiger partial charge on any atom is -0.321 e. The number of nitrogens with one attached hydrogen (secondary N) is 2. The van der Waals surface area contributed by atoms with Gasteiger partial charge in [0.25, 0.3) is 15.9 Å². The number of carbonyl (C=O) groups excluding carboxylic acids is 1. The summed E-state index contributed by atoms with van der Waals surface area (Å²) in [6.07, 6.45) is 2.96. The van der Waals surface area contributed by atoms with Gasteiger partial charge in [0.1, 0.15) is 0 Å². The fourth-order valence-electron chi connectivity index (χ4n) is 1.93. The smallest absolute Gasteiger partial charge is 0.265 e. The van der Waals surface area contributed by atoms with Crippen molar-refractivity contribution in [2.24, 2.45) is 0 Å². The quantitative estimate of drug-likeness (QED) is 0.732. The van der Waals surface area contributed by atoms with Crippen molar-refractivity contribution >= 4 is 38.6 Å². The molecule has 8 heteroatoms. The largest absolute Gasteiger partial charge is 0.321 e. The Morgan fingerprint density at radius 1 is 1.04 bits per heavy atom. The molecule has 1 amide bonds. The maximum Gasteiger partial charge on any atom is 0.265 e. The molecular formula is C16H13N3O3S2. The third kappa shape index (κ3) is 3.79. The third-order valence-electron chi connectivity index (χ3n) is 3.05. The van der Waals surface area contributed by atoms with Crippen molar-refractivity contribution in [3.05, 3.63) is 71.2 Å². The monoisotopic (exact) mass is 359 g/mol. The Morgan fingerprint density at radius 3 is 2.50 bits per heavy atom. The molecule has 0 aliphatic carbocycles. The summed E-state index contributed by atoms with van der Waals surface area (Å²) in [4.78, 5) is 16.4. The van der Waals surface area contributed by atoms with Crippen LogP contribution in [0.15, 0.2) is 71.2 Å². The number of rotatable bonds is 5. The van der Waals surface area contributed by atoms with E-state index in [1.807, 2.05) is 6.07 Å². The lowest BCUT2D eigenvalue weighted by atomic mass is 10.3. The highest BCUT2D eigenvalue weighted by molar-refractivity contribution is 7.92. The zero-order valence-electron chi connectivity index (χ0n) is 12.3. The van der Waals surface area contributed by atoms with Crippen molar-refractivity contribution in [3.8, 4) is 0 Å². The first-order valence-electron chi connectivity index (χ1n) is 6.92. The van der Waals surface area contributed by atoms with Gasteiger partial charge in [-0.2, -0.15) is 0 Å². The predicted molar refractivity (Wildman–Crippen MR) is 93.8 cm³/mol. The summed E-state index contributed by atoms with van der Waals surface area (Å²) in [6.45, 7) is 0. The number of amides is 1. The molecule has 1 aromatic carbocycles. The Hall–Kier alpha value is -2.71. The van der Waals surface area contributed by atoms with E-state index in [4.69, 9.17) is 0 Å². The average molecular weight is 359 g/mol. The van der Waals surface area contributed by atoms with Crippen LogP contribution in [0.25, 0.3) is 0 Å². The lowest BCUT2D eigenvalue weighted by Gasteiger charge is -2.05. The van der Waals surface area contributed by atoms with Crippen molar-refractivity contribution in [2.45, 2.75) is 4.90 Å². The number of benzene rings is 1. The van der Waals surface area contributed by atoms with Crippen LogP contribution in [0.3, 0.4) is 0 Å². The molecule has 0 aliphatic heterocycles. The lowest BCUT2D eigenvalue weighted by molar-refractivity contribution is 0.103. The molecule has 0 saturated heterocycles. The van der Waals surface area contributed by atoms with Gasteiger partial charge in [0.05, 0.1) is 21.7 Å². The highest BCUT2D eigenvalue weighted by Crippen LogP contribution is 2.22. The number of hydrogen-bond donors (Lipinski definition) is 2. The van der Waals surface area contributed by atoms with Gasteiger partial charge < -0.3 is 5.32 Å². The number of aromatic nitrogens is 1. The molecule has 0 radical (unpaired) electrons. The maximum absolute atomic E-state index is 12.3. The molecular weight excluding hydrogens is 346 g/mol. The van der Waals surface area contributed by atoms with Gasteiger partial charge in [-0.3, -0.25) is 14.5 Å². The van der Waals surface area contributed by atoms with Crippen LogP contribution in [-0.2, 0) is 10.0 Å². The molecule has 122 valence electrons. The van der Waals surface area contributed by atoms with E-state index < -0.39 is 10.0 Å². The molecule has 0 bridgehead atoms. The second-order valence-corrected chi connectivity index (χ2v) is 7.41. The van der Waals surface area contributed by atoms with Crippen LogP contribution >= 0.6 is 11.3 Å². The molecule has 0 aliphatic rings. The van der Waals surface area contributed by atoms with Gasteiger partial charge in [-0.1, -0.05) is 18.2 Å². The van der Waals surface area contributed by atoms with Crippen LogP contribution < -0.4 is 10.0 Å². The van der Waals surface area contributed by atoms with Crippen molar-refractivity contribution in [1.82, 2.24) is 4.98 Å². The van der Waals surface area contributed by atoms with E-state index >= 15 is 0 Å². The second kappa shape index (κ2) is 6.81. The van der Waals surface area contributed by atoms with Crippen molar-refractivity contribution in [1.29, 1.82) is 0 Å². The fraction of sp³-hybridized carbons (Fsp3) is 0. The number of hydrogen-bond acceptors (Lipinski definition) is 5. The molecule has 0 spiro atoms. The molecule has 2 N–H and O–H groups in total. The minimum atomic E-state index is -3.76. The Bertz CT molecular complexity index is 939. The van der Waals surface area contributed by atoms with Gasteiger partial charge in [-0.15, -0.1) is 11.3 Å². The van der Waals surface area contributed by atoms with Gasteiger partial charge in [-0.05, 0) is 30.3 Å². The van der Waals surface area contributed by atoms with E-state index in [0.717, 1.165) is 11.3 Å². The number of anilines is 2. The normalized spacial score (nSPS) is 11.0. The Balaban J connectivity index is 1.76. The van der Waals surface area contributed by atoms with E-state index in [9.17, 15) is 13.2 Å². The number of carbonyl (C=O) groups is 1. The van der Waals surface area contributed by atoms with E-state index in [1.54, 1.807) is 42.6 Å². The second-order valence-electron chi connectivity index (χ2n) is 4.81. The Morgan fingerprint density at radius 2 is 1.79 bits per heavy atom. The lowest BCUT2D eigenvalue weighted by Crippen LogP contribution is -2.13. The number of para-hydroxylation sites is 1. The summed E-state index contributed by atoms with van der Waals surface area (Å²) < 4.78 is 27.1. The van der Waals surface area contributed by atoms with Gasteiger partial charge in [0.15, 0.2) is 0 Å². The summed E-state index contributed by atoms with van der Waals surface area (Å²) in [6, 6.07) is 13.5. The zero-order chi connectivity index (χ0) is 17.0. The highest BCUT2D eigenvalue weighted by Gasteiger charge is 2.19. The van der Waals surface area contributed by atoms with Gasteiger partial charge in [-0.25, -0.2) is 8.42 Å². The molecule has 0 unspecified atom stereocenters. The van der Waals surface area contributed by atoms with Crippen molar-refractivity contribution < 1.29 is 13.2 Å². The summed E-state index contributed by atoms with van der Waals surface area (Å²) in [5, 5.41) is 4.15. The number of nitrogens with zero attached hydrogens (tertiary/aromatic N) is 1. The van der Waals surface area contributed by atoms with Crippen LogP contribution in [0.4, 0.5) is 11.4 Å². The van der Waals surface area contributed by atoms with Crippen molar-refractivity contribution in [3.63, 3.8) is 0 Å². The molecule has 2 heterocycles. The molecule has 0 atom stereocenters. The number of sulfonamides is 1. The first kappa shape index (κ1) is 16.2. The van der Waals surface area contributed by atoms with Crippen LogP contribution in [-0.4, -0.2) is 19.3 Å². The van der Waals surface area contributed by atoms with Crippen LogP contribution in [0.2, 0.25) is 0 Å². The number of thiophene rings is 1. The standard InChI is InChI=1S/C16H13N3O3S2/c20-16(18-12-5-2-1-3-6-12)15-9-14(11-23-15)24(21,22)19-13-7-4-8-17-10-13/h1-11,19H,(H,18,20). The number of pyridine rings is 1. The zero-order valence-corrected chi connectivity index (χ0v) is 14.0. The van der Waals surface area contributed by atoms with Gasteiger partial charge in [0.2, 0.25) is 0 Å². The summed E-state index contributed by atoms with van der Waals surface area (Å²) in [7, 11) is -3.76. The Labute approximate surface area is 143 Å². The van der Waals surface area contributed by atoms with E-state index in [0.29, 0.717) is 16.3 Å². The molecule has 24 heavy (non-hydrogen) atoms. The third-order valence-corrected chi connectivity index (χ3v) is 5.49. The van der Waals surface area contributed by atoms with Crippen LogP contribution in [0.5, 0.6) is 0 Å². The average Bonchev–Trinajstić information content (AvgIpc) is 3.07. The van der Waals surface area contributed by atoms with Crippen LogP contribution in [0.1, 0.15) is 9.67 Å². The predicted octanol–water partition coefficient (Wildman–Crippen LogP) is 3.20. The highest BCUT2D eigenvalue weighted by atomic mass is 32.2. The van der Waals surface area contributed by atoms with Gasteiger partial charge in [0, 0.05) is 17.3 Å². The molecule has 0 fully saturated rings. The van der Waals surface area contributed by atoms with E-state index in [-0.39, 0.29) is 10.8 Å². The molecule has 0 saturated carbocycles. The van der Waals surface area contributed by atoms with Crippen molar-refractivity contribution in [2.75, 3.05) is 10.0 Å². The van der Waals surface area contributed by atoms with E-state index in [2.05, 4.69) is 15.0 Å². The first-order valence-corrected chi connectivity index (χ1v) is 9.29. The molecule has 6 nitrogen and oxygen atoms in total. The van der Waals surface area contributed by atoms with E-state index in [1.165, 1.54) is 17.6 Å². The minimum absolute atomic E-state index is 0.0366. The molecule has 2 aromatic heterocycles. The SMILES string of the molecule is O=C(Nc1ccccc1)c1cc(S(=O)(=O)Nc2cccnc2)cs1. The Kier molecular flexibility index (Phi) is 4.59. The fourth-order valence-corrected chi connectivity index (χ4v) is 4.14. The molecule has 3 aromatic rings. The van der Waals surface area contributed by atoms with Crippen LogP contribution in [0, 0.1) is 0 Å². The first-order chi connectivity index (χ1) is 11.5. The molecule has 3 rings (SSSR count). The maximum atomic E-state index is 12.3.